The number of nitrogens with zero attached hydrogens (tertiary/aromatic N) is 1. The summed E-state index contributed by atoms with van der Waals surface area (Å²) in [6.07, 6.45) is 3.14. The topological polar surface area (TPSA) is 43.4 Å². The molecule has 0 atom stereocenters. The Morgan fingerprint density at radius 2 is 2.17 bits per heavy atom. The SMILES string of the molecule is CCCNc1ncccc1COCCOC(C)C. The molecule has 0 fully saturated rings. The van der Waals surface area contributed by atoms with Crippen LogP contribution in [0.3, 0.4) is 0 Å². The van der Waals surface area contributed by atoms with E-state index in [1.807, 2.05) is 26.0 Å². The van der Waals surface area contributed by atoms with Gasteiger partial charge in [-0.15, -0.1) is 0 Å². The minimum absolute atomic E-state index is 0.258. The Labute approximate surface area is 110 Å². The van der Waals surface area contributed by atoms with Gasteiger partial charge in [-0.05, 0) is 26.3 Å². The van der Waals surface area contributed by atoms with Crippen LogP contribution in [-0.2, 0) is 16.1 Å². The Kier molecular flexibility index (Phi) is 7.37. The Bertz CT molecular complexity index is 329. The molecule has 0 aliphatic heterocycles. The third-order valence-electron chi connectivity index (χ3n) is 2.37. The second kappa shape index (κ2) is 8.89. The standard InChI is InChI=1S/C14H24N2O2/c1-4-7-15-14-13(6-5-8-16-14)11-17-9-10-18-12(2)3/h5-6,8,12H,4,7,9-11H2,1-3H3,(H,15,16). The lowest BCUT2D eigenvalue weighted by molar-refractivity contribution is 0.0143. The van der Waals surface area contributed by atoms with E-state index in [9.17, 15) is 0 Å². The molecule has 1 aromatic heterocycles. The lowest BCUT2D eigenvalue weighted by atomic mass is 10.2. The van der Waals surface area contributed by atoms with Crippen molar-refractivity contribution >= 4 is 5.82 Å². The number of hydrogen-bond donors (Lipinski definition) is 1. The Morgan fingerprint density at radius 3 is 2.89 bits per heavy atom. The zero-order chi connectivity index (χ0) is 13.2. The fraction of sp³-hybridized carbons (Fsp3) is 0.643. The maximum atomic E-state index is 5.59. The van der Waals surface area contributed by atoms with E-state index in [1.165, 1.54) is 0 Å². The molecule has 18 heavy (non-hydrogen) atoms. The van der Waals surface area contributed by atoms with E-state index < -0.39 is 0 Å². The highest BCUT2D eigenvalue weighted by molar-refractivity contribution is 5.43. The summed E-state index contributed by atoms with van der Waals surface area (Å²) in [4.78, 5) is 4.32. The summed E-state index contributed by atoms with van der Waals surface area (Å²) >= 11 is 0. The third kappa shape index (κ3) is 5.98. The number of aromatic nitrogens is 1. The van der Waals surface area contributed by atoms with Crippen molar-refractivity contribution in [3.63, 3.8) is 0 Å². The fourth-order valence-corrected chi connectivity index (χ4v) is 1.48. The summed E-state index contributed by atoms with van der Waals surface area (Å²) in [5, 5.41) is 3.30. The predicted octanol–water partition coefficient (Wildman–Crippen LogP) is 2.85. The summed E-state index contributed by atoms with van der Waals surface area (Å²) in [6.45, 7) is 8.93. The van der Waals surface area contributed by atoms with E-state index in [4.69, 9.17) is 9.47 Å². The lowest BCUT2D eigenvalue weighted by Crippen LogP contribution is -2.11. The highest BCUT2D eigenvalue weighted by atomic mass is 16.5. The zero-order valence-corrected chi connectivity index (χ0v) is 11.6. The van der Waals surface area contributed by atoms with E-state index >= 15 is 0 Å². The second-order valence-corrected chi connectivity index (χ2v) is 4.41. The first-order chi connectivity index (χ1) is 8.74. The Morgan fingerprint density at radius 1 is 1.33 bits per heavy atom. The van der Waals surface area contributed by atoms with Gasteiger partial charge in [0.05, 0.1) is 25.9 Å². The molecule has 0 spiro atoms. The molecule has 0 aromatic carbocycles. The van der Waals surface area contributed by atoms with Gasteiger partial charge in [0.2, 0.25) is 0 Å². The quantitative estimate of drug-likeness (QED) is 0.686. The molecule has 0 radical (unpaired) electrons. The molecule has 0 amide bonds. The summed E-state index contributed by atoms with van der Waals surface area (Å²) < 4.78 is 11.0. The van der Waals surface area contributed by atoms with Gasteiger partial charge in [-0.3, -0.25) is 0 Å². The number of hydrogen-bond acceptors (Lipinski definition) is 4. The van der Waals surface area contributed by atoms with Crippen LogP contribution < -0.4 is 5.32 Å². The molecule has 4 heteroatoms. The van der Waals surface area contributed by atoms with Crippen LogP contribution in [0.1, 0.15) is 32.8 Å². The van der Waals surface area contributed by atoms with E-state index in [2.05, 4.69) is 17.2 Å². The summed E-state index contributed by atoms with van der Waals surface area (Å²) in [6, 6.07) is 3.97. The first-order valence-corrected chi connectivity index (χ1v) is 6.61. The number of ether oxygens (including phenoxy) is 2. The van der Waals surface area contributed by atoms with Crippen molar-refractivity contribution < 1.29 is 9.47 Å². The van der Waals surface area contributed by atoms with Gasteiger partial charge < -0.3 is 14.8 Å². The first-order valence-electron chi connectivity index (χ1n) is 6.61. The maximum Gasteiger partial charge on any atom is 0.131 e. The molecule has 0 aliphatic carbocycles. The monoisotopic (exact) mass is 252 g/mol. The van der Waals surface area contributed by atoms with Crippen molar-refractivity contribution in [3.05, 3.63) is 23.9 Å². The van der Waals surface area contributed by atoms with Crippen molar-refractivity contribution in [1.29, 1.82) is 0 Å². The van der Waals surface area contributed by atoms with Crippen LogP contribution in [0, 0.1) is 0 Å². The van der Waals surface area contributed by atoms with Crippen molar-refractivity contribution in [3.8, 4) is 0 Å². The number of nitrogens with one attached hydrogen (secondary N) is 1. The van der Waals surface area contributed by atoms with Crippen LogP contribution in [0.2, 0.25) is 0 Å². The Balaban J connectivity index is 2.32. The lowest BCUT2D eigenvalue weighted by Gasteiger charge is -2.11. The highest BCUT2D eigenvalue weighted by Gasteiger charge is 2.02. The number of pyridine rings is 1. The van der Waals surface area contributed by atoms with Crippen molar-refractivity contribution in [1.82, 2.24) is 4.98 Å². The van der Waals surface area contributed by atoms with Crippen LogP contribution in [-0.4, -0.2) is 30.8 Å². The molecule has 0 aliphatic rings. The molecule has 0 saturated carbocycles. The fourth-order valence-electron chi connectivity index (χ4n) is 1.48. The second-order valence-electron chi connectivity index (χ2n) is 4.41. The number of rotatable bonds is 9. The first kappa shape index (κ1) is 14.9. The van der Waals surface area contributed by atoms with Crippen LogP contribution in [0.5, 0.6) is 0 Å². The van der Waals surface area contributed by atoms with Crippen LogP contribution in [0.15, 0.2) is 18.3 Å². The molecule has 0 saturated heterocycles. The van der Waals surface area contributed by atoms with Gasteiger partial charge in [-0.2, -0.15) is 0 Å². The molecule has 1 N–H and O–H groups in total. The molecule has 1 rings (SSSR count). The summed E-state index contributed by atoms with van der Waals surface area (Å²) in [7, 11) is 0. The minimum Gasteiger partial charge on any atom is -0.376 e. The average molecular weight is 252 g/mol. The van der Waals surface area contributed by atoms with E-state index in [0.717, 1.165) is 24.3 Å². The third-order valence-corrected chi connectivity index (χ3v) is 2.37. The van der Waals surface area contributed by atoms with Crippen molar-refractivity contribution in [2.45, 2.75) is 39.9 Å². The van der Waals surface area contributed by atoms with E-state index in [0.29, 0.717) is 19.8 Å². The van der Waals surface area contributed by atoms with Crippen LogP contribution in [0.4, 0.5) is 5.82 Å². The molecular formula is C14H24N2O2. The van der Waals surface area contributed by atoms with Crippen molar-refractivity contribution in [2.75, 3.05) is 25.1 Å². The van der Waals surface area contributed by atoms with Gasteiger partial charge in [0.15, 0.2) is 0 Å². The summed E-state index contributed by atoms with van der Waals surface area (Å²) in [5.74, 6) is 0.920. The van der Waals surface area contributed by atoms with Gasteiger partial charge >= 0.3 is 0 Å². The average Bonchev–Trinajstić information content (AvgIpc) is 2.36. The smallest absolute Gasteiger partial charge is 0.131 e. The van der Waals surface area contributed by atoms with E-state index in [-0.39, 0.29) is 6.10 Å². The highest BCUT2D eigenvalue weighted by Crippen LogP contribution is 2.12. The molecule has 0 bridgehead atoms. The van der Waals surface area contributed by atoms with E-state index in [1.54, 1.807) is 6.20 Å². The maximum absolute atomic E-state index is 5.59. The predicted molar refractivity (Wildman–Crippen MR) is 73.8 cm³/mol. The van der Waals surface area contributed by atoms with Crippen LogP contribution in [0.25, 0.3) is 0 Å². The number of anilines is 1. The molecule has 4 nitrogen and oxygen atoms in total. The molecule has 1 aromatic rings. The Hall–Kier alpha value is -1.13. The molecule has 1 heterocycles. The largest absolute Gasteiger partial charge is 0.376 e. The van der Waals surface area contributed by atoms with Crippen LogP contribution >= 0.6 is 0 Å². The van der Waals surface area contributed by atoms with Gasteiger partial charge in [0.25, 0.3) is 0 Å². The molecular weight excluding hydrogens is 228 g/mol. The van der Waals surface area contributed by atoms with Gasteiger partial charge in [0, 0.05) is 18.3 Å². The molecule has 0 unspecified atom stereocenters. The van der Waals surface area contributed by atoms with Crippen molar-refractivity contribution in [2.24, 2.45) is 0 Å². The summed E-state index contributed by atoms with van der Waals surface area (Å²) in [5.41, 5.74) is 1.09. The minimum atomic E-state index is 0.258. The zero-order valence-electron chi connectivity index (χ0n) is 11.6. The van der Waals surface area contributed by atoms with Gasteiger partial charge in [-0.1, -0.05) is 13.0 Å². The van der Waals surface area contributed by atoms with Gasteiger partial charge in [-0.25, -0.2) is 4.98 Å². The van der Waals surface area contributed by atoms with Gasteiger partial charge in [0.1, 0.15) is 5.82 Å². The molecule has 102 valence electrons. The normalized spacial score (nSPS) is 10.9.